The summed E-state index contributed by atoms with van der Waals surface area (Å²) in [6, 6.07) is 15.3. The van der Waals surface area contributed by atoms with Crippen molar-refractivity contribution in [3.8, 4) is 5.82 Å². The largest absolute Gasteiger partial charge is 0.462 e. The van der Waals surface area contributed by atoms with Crippen molar-refractivity contribution in [2.24, 2.45) is 0 Å². The Labute approximate surface area is 200 Å². The molecule has 9 nitrogen and oxygen atoms in total. The molecule has 1 amide bonds. The molecular weight excluding hydrogens is 446 g/mol. The third kappa shape index (κ3) is 4.23. The number of hydrogen-bond donors (Lipinski definition) is 1. The molecule has 0 aliphatic rings. The number of anilines is 1. The maximum Gasteiger partial charge on any atom is 0.343 e. The van der Waals surface area contributed by atoms with Gasteiger partial charge in [-0.1, -0.05) is 29.4 Å². The molecule has 0 aliphatic carbocycles. The van der Waals surface area contributed by atoms with E-state index < -0.39 is 5.97 Å². The van der Waals surface area contributed by atoms with Crippen molar-refractivity contribution in [2.75, 3.05) is 11.9 Å². The highest BCUT2D eigenvalue weighted by Crippen LogP contribution is 2.26. The lowest BCUT2D eigenvalue weighted by molar-refractivity contribution is -0.115. The number of aromatic nitrogens is 4. The number of fused-ring (bicyclic) bond motifs is 2. The molecule has 0 saturated carbocycles. The maximum absolute atomic E-state index is 13.1. The van der Waals surface area contributed by atoms with E-state index in [-0.39, 0.29) is 30.3 Å². The lowest BCUT2D eigenvalue weighted by Crippen LogP contribution is -2.20. The Morgan fingerprint density at radius 1 is 1.11 bits per heavy atom. The maximum atomic E-state index is 13.1. The van der Waals surface area contributed by atoms with Crippen molar-refractivity contribution < 1.29 is 18.8 Å². The van der Waals surface area contributed by atoms with Crippen LogP contribution in [0.5, 0.6) is 0 Å². The molecule has 0 spiro atoms. The van der Waals surface area contributed by atoms with Crippen LogP contribution in [-0.2, 0) is 16.0 Å². The lowest BCUT2D eigenvalue weighted by atomic mass is 10.1. The van der Waals surface area contributed by atoms with E-state index in [9.17, 15) is 9.59 Å². The lowest BCUT2D eigenvalue weighted by Gasteiger charge is -2.11. The Morgan fingerprint density at radius 3 is 2.77 bits per heavy atom. The number of ether oxygens (including phenoxy) is 1. The Kier molecular flexibility index (Phi) is 5.74. The van der Waals surface area contributed by atoms with Crippen LogP contribution in [0.2, 0.25) is 0 Å². The van der Waals surface area contributed by atoms with Crippen LogP contribution in [0, 0.1) is 13.8 Å². The molecular formula is C26H23N5O4. The molecule has 0 saturated heterocycles. The molecule has 0 aliphatic heterocycles. The van der Waals surface area contributed by atoms with Crippen LogP contribution in [0.4, 0.5) is 5.82 Å². The molecule has 176 valence electrons. The Bertz CT molecular complexity index is 1580. The first-order chi connectivity index (χ1) is 16.9. The molecule has 5 rings (SSSR count). The van der Waals surface area contributed by atoms with E-state index in [0.717, 1.165) is 27.4 Å². The predicted octanol–water partition coefficient (Wildman–Crippen LogP) is 4.54. The number of para-hydroxylation sites is 1. The summed E-state index contributed by atoms with van der Waals surface area (Å²) in [5.41, 5.74) is 4.05. The third-order valence-electron chi connectivity index (χ3n) is 5.63. The summed E-state index contributed by atoms with van der Waals surface area (Å²) in [5.74, 6) is -0.343. The number of carbonyl (C=O) groups is 2. The Balaban J connectivity index is 1.50. The van der Waals surface area contributed by atoms with Gasteiger partial charge in [0, 0.05) is 10.8 Å². The van der Waals surface area contributed by atoms with Gasteiger partial charge in [0.25, 0.3) is 0 Å². The minimum Gasteiger partial charge on any atom is -0.462 e. The fourth-order valence-corrected chi connectivity index (χ4v) is 4.07. The van der Waals surface area contributed by atoms with E-state index in [0.29, 0.717) is 17.1 Å². The van der Waals surface area contributed by atoms with Crippen molar-refractivity contribution >= 4 is 39.6 Å². The SMILES string of the molecule is CCOC(=O)c1cnn(-c2ccc3ccccc3n2)c1NC(=O)Cc1noc2c(C)cc(C)cc12. The van der Waals surface area contributed by atoms with Crippen LogP contribution in [-0.4, -0.2) is 38.4 Å². The van der Waals surface area contributed by atoms with Gasteiger partial charge in [0.1, 0.15) is 11.3 Å². The van der Waals surface area contributed by atoms with Gasteiger partial charge in [0.05, 0.1) is 24.7 Å². The summed E-state index contributed by atoms with van der Waals surface area (Å²) in [6.45, 7) is 5.81. The molecule has 35 heavy (non-hydrogen) atoms. The zero-order chi connectivity index (χ0) is 24.5. The minimum atomic E-state index is -0.590. The monoisotopic (exact) mass is 469 g/mol. The zero-order valence-corrected chi connectivity index (χ0v) is 19.5. The summed E-state index contributed by atoms with van der Waals surface area (Å²) >= 11 is 0. The van der Waals surface area contributed by atoms with Crippen LogP contribution in [0.15, 0.2) is 59.3 Å². The summed E-state index contributed by atoms with van der Waals surface area (Å²) in [5, 5.41) is 13.0. The topological polar surface area (TPSA) is 112 Å². The summed E-state index contributed by atoms with van der Waals surface area (Å²) in [6.07, 6.45) is 1.32. The highest BCUT2D eigenvalue weighted by molar-refractivity contribution is 6.01. The molecule has 0 unspecified atom stereocenters. The van der Waals surface area contributed by atoms with Gasteiger partial charge < -0.3 is 14.6 Å². The molecule has 2 aromatic carbocycles. The van der Waals surface area contributed by atoms with Crippen LogP contribution < -0.4 is 5.32 Å². The molecule has 0 atom stereocenters. The summed E-state index contributed by atoms with van der Waals surface area (Å²) in [4.78, 5) is 30.3. The van der Waals surface area contributed by atoms with Crippen molar-refractivity contribution in [3.63, 3.8) is 0 Å². The van der Waals surface area contributed by atoms with Crippen LogP contribution in [0.3, 0.4) is 0 Å². The first-order valence-electron chi connectivity index (χ1n) is 11.2. The highest BCUT2D eigenvalue weighted by Gasteiger charge is 2.23. The number of rotatable bonds is 6. The van der Waals surface area contributed by atoms with Gasteiger partial charge in [-0.05, 0) is 56.2 Å². The number of carbonyl (C=O) groups excluding carboxylic acids is 2. The average Bonchev–Trinajstić information content (AvgIpc) is 3.43. The summed E-state index contributed by atoms with van der Waals surface area (Å²) in [7, 11) is 0. The highest BCUT2D eigenvalue weighted by atomic mass is 16.5. The molecule has 3 aromatic heterocycles. The number of aryl methyl sites for hydroxylation is 2. The molecule has 0 bridgehead atoms. The number of pyridine rings is 1. The second-order valence-corrected chi connectivity index (χ2v) is 8.21. The standard InChI is InChI=1S/C26H23N5O4/c1-4-34-26(33)19-14-27-31(22-10-9-17-7-5-6-8-20(17)28-22)25(19)29-23(32)13-21-18-12-15(2)11-16(3)24(18)35-30-21/h5-12,14H,4,13H2,1-3H3,(H,29,32). The molecule has 9 heteroatoms. The van der Waals surface area contributed by atoms with Crippen LogP contribution in [0.25, 0.3) is 27.7 Å². The van der Waals surface area contributed by atoms with Gasteiger partial charge in [-0.15, -0.1) is 0 Å². The van der Waals surface area contributed by atoms with Gasteiger partial charge in [0.2, 0.25) is 5.91 Å². The molecule has 0 radical (unpaired) electrons. The number of nitrogens with one attached hydrogen (secondary N) is 1. The van der Waals surface area contributed by atoms with Gasteiger partial charge in [0.15, 0.2) is 17.2 Å². The first-order valence-corrected chi connectivity index (χ1v) is 11.2. The van der Waals surface area contributed by atoms with Crippen molar-refractivity contribution in [1.29, 1.82) is 0 Å². The average molecular weight is 470 g/mol. The summed E-state index contributed by atoms with van der Waals surface area (Å²) < 4.78 is 12.1. The van der Waals surface area contributed by atoms with Crippen LogP contribution in [0.1, 0.15) is 34.1 Å². The number of esters is 1. The quantitative estimate of drug-likeness (QED) is 0.363. The van der Waals surface area contributed by atoms with Crippen molar-refractivity contribution in [1.82, 2.24) is 19.9 Å². The molecule has 0 fully saturated rings. The smallest absolute Gasteiger partial charge is 0.343 e. The van der Waals surface area contributed by atoms with Crippen LogP contribution >= 0.6 is 0 Å². The van der Waals surface area contributed by atoms with Gasteiger partial charge in [-0.2, -0.15) is 9.78 Å². The number of benzene rings is 2. The molecule has 5 aromatic rings. The number of amides is 1. The molecule has 1 N–H and O–H groups in total. The van der Waals surface area contributed by atoms with Gasteiger partial charge in [-0.3, -0.25) is 4.79 Å². The van der Waals surface area contributed by atoms with Gasteiger partial charge >= 0.3 is 5.97 Å². The predicted molar refractivity (Wildman–Crippen MR) is 131 cm³/mol. The van der Waals surface area contributed by atoms with Crippen molar-refractivity contribution in [3.05, 3.63) is 77.1 Å². The number of hydrogen-bond acceptors (Lipinski definition) is 7. The number of nitrogens with zero attached hydrogens (tertiary/aromatic N) is 4. The van der Waals surface area contributed by atoms with E-state index >= 15 is 0 Å². The van der Waals surface area contributed by atoms with Gasteiger partial charge in [-0.25, -0.2) is 9.78 Å². The van der Waals surface area contributed by atoms with E-state index in [1.54, 1.807) is 13.0 Å². The normalized spacial score (nSPS) is 11.2. The first kappa shape index (κ1) is 22.3. The van der Waals surface area contributed by atoms with E-state index in [1.165, 1.54) is 10.9 Å². The fourth-order valence-electron chi connectivity index (χ4n) is 4.07. The fraction of sp³-hybridized carbons (Fsp3) is 0.192. The minimum absolute atomic E-state index is 0.0471. The molecule has 3 heterocycles. The van der Waals surface area contributed by atoms with E-state index in [4.69, 9.17) is 9.26 Å². The second-order valence-electron chi connectivity index (χ2n) is 8.21. The second kappa shape index (κ2) is 9.02. The zero-order valence-electron chi connectivity index (χ0n) is 19.5. The van der Waals surface area contributed by atoms with E-state index in [2.05, 4.69) is 20.6 Å². The Morgan fingerprint density at radius 2 is 1.94 bits per heavy atom. The third-order valence-corrected chi connectivity index (χ3v) is 5.63. The Hall–Kier alpha value is -4.53. The van der Waals surface area contributed by atoms with Crippen molar-refractivity contribution in [2.45, 2.75) is 27.2 Å². The van der Waals surface area contributed by atoms with E-state index in [1.807, 2.05) is 56.3 Å².